The number of nitrogens with one attached hydrogen (secondary N) is 1. The Hall–Kier alpha value is -2.73. The van der Waals surface area contributed by atoms with Crippen LogP contribution in [-0.4, -0.2) is 19.9 Å². The van der Waals surface area contributed by atoms with Gasteiger partial charge >= 0.3 is 0 Å². The van der Waals surface area contributed by atoms with Crippen molar-refractivity contribution in [2.24, 2.45) is 0 Å². The Bertz CT molecular complexity index is 1110. The summed E-state index contributed by atoms with van der Waals surface area (Å²) in [5.74, 6) is 1.27. The molecular formula is C23H25N3O2S. The molecule has 1 aliphatic heterocycles. The first-order chi connectivity index (χ1) is 13.7. The van der Waals surface area contributed by atoms with E-state index in [1.54, 1.807) is 4.68 Å². The van der Waals surface area contributed by atoms with Crippen molar-refractivity contribution in [3.8, 4) is 5.69 Å². The molecule has 0 bridgehead atoms. The second kappa shape index (κ2) is 7.26. The SMILES string of the molecule is Cc1ccccc1-n1nc2c(c1NC(=O)c1ccc(C(C)(C)C)cc1)CS(=O)C2. The van der Waals surface area contributed by atoms with E-state index in [1.807, 2.05) is 55.5 Å². The first-order valence-corrected chi connectivity index (χ1v) is 11.2. The van der Waals surface area contributed by atoms with Gasteiger partial charge in [0.15, 0.2) is 0 Å². The van der Waals surface area contributed by atoms with Gasteiger partial charge in [0.25, 0.3) is 5.91 Å². The van der Waals surface area contributed by atoms with Crippen molar-refractivity contribution in [3.63, 3.8) is 0 Å². The highest BCUT2D eigenvalue weighted by atomic mass is 32.2. The molecule has 1 atom stereocenters. The molecule has 3 aromatic rings. The average molecular weight is 408 g/mol. The topological polar surface area (TPSA) is 64.0 Å². The molecule has 0 saturated carbocycles. The number of carbonyl (C=O) groups is 1. The van der Waals surface area contributed by atoms with Crippen molar-refractivity contribution >= 4 is 22.5 Å². The first kappa shape index (κ1) is 19.6. The lowest BCUT2D eigenvalue weighted by Crippen LogP contribution is -2.17. The molecule has 1 amide bonds. The lowest BCUT2D eigenvalue weighted by Gasteiger charge is -2.19. The maximum atomic E-state index is 13.0. The minimum absolute atomic E-state index is 0.0311. The van der Waals surface area contributed by atoms with Gasteiger partial charge in [0.05, 0.1) is 22.9 Å². The zero-order valence-electron chi connectivity index (χ0n) is 17.2. The van der Waals surface area contributed by atoms with Crippen molar-refractivity contribution in [2.45, 2.75) is 44.6 Å². The Morgan fingerprint density at radius 2 is 1.76 bits per heavy atom. The maximum Gasteiger partial charge on any atom is 0.256 e. The van der Waals surface area contributed by atoms with Crippen LogP contribution in [0, 0.1) is 6.92 Å². The van der Waals surface area contributed by atoms with Crippen LogP contribution < -0.4 is 5.32 Å². The van der Waals surface area contributed by atoms with Crippen LogP contribution in [0.15, 0.2) is 48.5 Å². The molecule has 0 fully saturated rings. The molecule has 29 heavy (non-hydrogen) atoms. The van der Waals surface area contributed by atoms with E-state index in [1.165, 1.54) is 5.56 Å². The van der Waals surface area contributed by atoms with Crippen LogP contribution >= 0.6 is 0 Å². The van der Waals surface area contributed by atoms with Gasteiger partial charge in [0.2, 0.25) is 0 Å². The maximum absolute atomic E-state index is 13.0. The van der Waals surface area contributed by atoms with Crippen LogP contribution in [0.5, 0.6) is 0 Å². The van der Waals surface area contributed by atoms with E-state index in [0.717, 1.165) is 22.5 Å². The number of hydrogen-bond acceptors (Lipinski definition) is 3. The molecule has 1 N–H and O–H groups in total. The molecule has 0 spiro atoms. The number of para-hydroxylation sites is 1. The van der Waals surface area contributed by atoms with E-state index < -0.39 is 10.8 Å². The number of amides is 1. The van der Waals surface area contributed by atoms with Crippen molar-refractivity contribution in [1.29, 1.82) is 0 Å². The lowest BCUT2D eigenvalue weighted by atomic mass is 9.87. The summed E-state index contributed by atoms with van der Waals surface area (Å²) in [4.78, 5) is 13.0. The van der Waals surface area contributed by atoms with Crippen LogP contribution in [-0.2, 0) is 27.7 Å². The van der Waals surface area contributed by atoms with Crippen LogP contribution in [0.1, 0.15) is 53.5 Å². The fourth-order valence-corrected chi connectivity index (χ4v) is 4.80. The van der Waals surface area contributed by atoms with E-state index in [4.69, 9.17) is 0 Å². The molecule has 1 unspecified atom stereocenters. The third-order valence-electron chi connectivity index (χ3n) is 5.26. The van der Waals surface area contributed by atoms with Gasteiger partial charge in [0, 0.05) is 21.9 Å². The highest BCUT2D eigenvalue weighted by molar-refractivity contribution is 7.83. The Labute approximate surface area is 173 Å². The van der Waals surface area contributed by atoms with Gasteiger partial charge in [-0.2, -0.15) is 5.10 Å². The summed E-state index contributed by atoms with van der Waals surface area (Å²) in [6.07, 6.45) is 0. The largest absolute Gasteiger partial charge is 0.306 e. The number of fused-ring (bicyclic) bond motifs is 1. The van der Waals surface area contributed by atoms with E-state index in [2.05, 4.69) is 31.2 Å². The predicted octanol–water partition coefficient (Wildman–Crippen LogP) is 4.49. The summed E-state index contributed by atoms with van der Waals surface area (Å²) in [7, 11) is -0.968. The van der Waals surface area contributed by atoms with Crippen molar-refractivity contribution in [3.05, 3.63) is 76.5 Å². The number of aromatic nitrogens is 2. The monoisotopic (exact) mass is 407 g/mol. The van der Waals surface area contributed by atoms with Gasteiger partial charge in [0.1, 0.15) is 5.82 Å². The van der Waals surface area contributed by atoms with Crippen LogP contribution in [0.4, 0.5) is 5.82 Å². The molecule has 1 aromatic heterocycles. The second-order valence-electron chi connectivity index (χ2n) is 8.48. The minimum Gasteiger partial charge on any atom is -0.306 e. The third kappa shape index (κ3) is 3.77. The zero-order valence-corrected chi connectivity index (χ0v) is 18.0. The summed E-state index contributed by atoms with van der Waals surface area (Å²) in [5.41, 5.74) is 5.42. The molecule has 2 heterocycles. The summed E-state index contributed by atoms with van der Waals surface area (Å²) in [6, 6.07) is 15.6. The fraction of sp³-hybridized carbons (Fsp3) is 0.304. The summed E-state index contributed by atoms with van der Waals surface area (Å²) >= 11 is 0. The molecule has 6 heteroatoms. The second-order valence-corrected chi connectivity index (χ2v) is 9.94. The minimum atomic E-state index is -0.968. The van der Waals surface area contributed by atoms with Gasteiger partial charge in [-0.3, -0.25) is 9.00 Å². The number of anilines is 1. The highest BCUT2D eigenvalue weighted by Crippen LogP contribution is 2.32. The highest BCUT2D eigenvalue weighted by Gasteiger charge is 2.29. The molecule has 150 valence electrons. The number of benzene rings is 2. The zero-order chi connectivity index (χ0) is 20.8. The number of nitrogens with zero attached hydrogens (tertiary/aromatic N) is 2. The van der Waals surface area contributed by atoms with E-state index in [-0.39, 0.29) is 11.3 Å². The molecule has 0 radical (unpaired) electrons. The van der Waals surface area contributed by atoms with Gasteiger partial charge in [-0.1, -0.05) is 51.1 Å². The number of carbonyl (C=O) groups excluding carboxylic acids is 1. The smallest absolute Gasteiger partial charge is 0.256 e. The third-order valence-corrected chi connectivity index (χ3v) is 6.46. The van der Waals surface area contributed by atoms with Gasteiger partial charge in [-0.15, -0.1) is 0 Å². The molecular weight excluding hydrogens is 382 g/mol. The predicted molar refractivity (Wildman–Crippen MR) is 117 cm³/mol. The molecule has 0 saturated heterocycles. The van der Waals surface area contributed by atoms with E-state index >= 15 is 0 Å². The Morgan fingerprint density at radius 3 is 2.41 bits per heavy atom. The number of rotatable bonds is 3. The van der Waals surface area contributed by atoms with E-state index in [0.29, 0.717) is 22.9 Å². The summed E-state index contributed by atoms with van der Waals surface area (Å²) < 4.78 is 13.8. The average Bonchev–Trinajstić information content (AvgIpc) is 3.18. The van der Waals surface area contributed by atoms with E-state index in [9.17, 15) is 9.00 Å². The molecule has 1 aliphatic rings. The van der Waals surface area contributed by atoms with Crippen LogP contribution in [0.25, 0.3) is 5.69 Å². The summed E-state index contributed by atoms with van der Waals surface area (Å²) in [6.45, 7) is 8.45. The van der Waals surface area contributed by atoms with Gasteiger partial charge < -0.3 is 5.32 Å². The number of hydrogen-bond donors (Lipinski definition) is 1. The fourth-order valence-electron chi connectivity index (χ4n) is 3.53. The van der Waals surface area contributed by atoms with Crippen LogP contribution in [0.3, 0.4) is 0 Å². The Kier molecular flexibility index (Phi) is 4.90. The first-order valence-electron chi connectivity index (χ1n) is 9.67. The normalized spacial score (nSPS) is 15.9. The standard InChI is InChI=1S/C23H25N3O2S/c1-15-7-5-6-8-20(15)26-21(18-13-29(28)14-19(18)25-26)24-22(27)16-9-11-17(12-10-16)23(2,3)4/h5-12H,13-14H2,1-4H3,(H,24,27). The van der Waals surface area contributed by atoms with Crippen LogP contribution in [0.2, 0.25) is 0 Å². The van der Waals surface area contributed by atoms with Crippen molar-refractivity contribution < 1.29 is 9.00 Å². The molecule has 5 nitrogen and oxygen atoms in total. The Balaban J connectivity index is 1.70. The lowest BCUT2D eigenvalue weighted by molar-refractivity contribution is 0.102. The van der Waals surface area contributed by atoms with Gasteiger partial charge in [-0.25, -0.2) is 4.68 Å². The van der Waals surface area contributed by atoms with Crippen molar-refractivity contribution in [1.82, 2.24) is 9.78 Å². The number of aryl methyl sites for hydroxylation is 1. The van der Waals surface area contributed by atoms with Crippen molar-refractivity contribution in [2.75, 3.05) is 5.32 Å². The Morgan fingerprint density at radius 1 is 1.07 bits per heavy atom. The molecule has 2 aromatic carbocycles. The van der Waals surface area contributed by atoms with Gasteiger partial charge in [-0.05, 0) is 41.7 Å². The quantitative estimate of drug-likeness (QED) is 0.696. The molecule has 4 rings (SSSR count). The summed E-state index contributed by atoms with van der Waals surface area (Å²) in [5, 5.41) is 7.71. The molecule has 0 aliphatic carbocycles.